The molecule has 0 aliphatic rings. The molecule has 0 aromatic rings. The van der Waals surface area contributed by atoms with E-state index < -0.39 is 0 Å². The van der Waals surface area contributed by atoms with E-state index in [0.717, 1.165) is 13.0 Å². The van der Waals surface area contributed by atoms with Gasteiger partial charge in [0.15, 0.2) is 0 Å². The monoisotopic (exact) mass is 271 g/mol. The Hall–Kier alpha value is -0.0800. The number of hydrogen-bond acceptors (Lipinski definition) is 2. The van der Waals surface area contributed by atoms with E-state index in [4.69, 9.17) is 10.5 Å². The van der Waals surface area contributed by atoms with Crippen LogP contribution in [0.5, 0.6) is 0 Å². The second kappa shape index (κ2) is 10.7. The first-order chi connectivity index (χ1) is 8.93. The van der Waals surface area contributed by atoms with Crippen molar-refractivity contribution in [1.29, 1.82) is 0 Å². The molecule has 0 aliphatic heterocycles. The van der Waals surface area contributed by atoms with Crippen molar-refractivity contribution < 1.29 is 4.74 Å². The molecule has 0 amide bonds. The first kappa shape index (κ1) is 18.9. The van der Waals surface area contributed by atoms with Gasteiger partial charge in [-0.1, -0.05) is 72.6 Å². The Morgan fingerprint density at radius 3 is 1.89 bits per heavy atom. The number of hydrogen-bond donors (Lipinski definition) is 1. The van der Waals surface area contributed by atoms with Gasteiger partial charge in [0.05, 0.1) is 6.10 Å². The number of unbranched alkanes of at least 4 members (excludes halogenated alkanes) is 6. The standard InChI is InChI=1S/C17H37NO/c1-6-8-9-10-11-12-13-14-15(18)16(19-7-2)17(3,4)5/h15-16H,6-14,18H2,1-5H3. The lowest BCUT2D eigenvalue weighted by molar-refractivity contribution is -0.0294. The molecular formula is C17H37NO. The van der Waals surface area contributed by atoms with E-state index in [2.05, 4.69) is 34.6 Å². The summed E-state index contributed by atoms with van der Waals surface area (Å²) in [5, 5.41) is 0. The van der Waals surface area contributed by atoms with Crippen molar-refractivity contribution in [2.75, 3.05) is 6.61 Å². The lowest BCUT2D eigenvalue weighted by Crippen LogP contribution is -2.45. The van der Waals surface area contributed by atoms with Gasteiger partial charge in [0.1, 0.15) is 0 Å². The molecular weight excluding hydrogens is 234 g/mol. The van der Waals surface area contributed by atoms with Crippen LogP contribution in [0.1, 0.15) is 86.0 Å². The van der Waals surface area contributed by atoms with Crippen LogP contribution in [0, 0.1) is 5.41 Å². The Balaban J connectivity index is 3.78. The minimum Gasteiger partial charge on any atom is -0.376 e. The summed E-state index contributed by atoms with van der Waals surface area (Å²) in [6.07, 6.45) is 10.7. The van der Waals surface area contributed by atoms with E-state index in [1.807, 2.05) is 0 Å². The third kappa shape index (κ3) is 9.45. The highest BCUT2D eigenvalue weighted by molar-refractivity contribution is 4.84. The zero-order valence-corrected chi connectivity index (χ0v) is 14.0. The molecule has 0 heterocycles. The summed E-state index contributed by atoms with van der Waals surface area (Å²) in [7, 11) is 0. The molecule has 0 bridgehead atoms. The predicted octanol–water partition coefficient (Wildman–Crippen LogP) is 4.91. The number of rotatable bonds is 11. The summed E-state index contributed by atoms with van der Waals surface area (Å²) in [5.74, 6) is 0. The van der Waals surface area contributed by atoms with Gasteiger partial charge in [-0.15, -0.1) is 0 Å². The van der Waals surface area contributed by atoms with Gasteiger partial charge in [-0.2, -0.15) is 0 Å². The molecule has 0 saturated heterocycles. The van der Waals surface area contributed by atoms with E-state index in [1.165, 1.54) is 44.9 Å². The molecule has 0 saturated carbocycles. The third-order valence-corrected chi connectivity index (χ3v) is 3.73. The van der Waals surface area contributed by atoms with Crippen LogP contribution >= 0.6 is 0 Å². The molecule has 0 aromatic heterocycles. The van der Waals surface area contributed by atoms with Crippen molar-refractivity contribution in [2.45, 2.75) is 98.1 Å². The van der Waals surface area contributed by atoms with Crippen molar-refractivity contribution in [3.05, 3.63) is 0 Å². The molecule has 0 fully saturated rings. The third-order valence-electron chi connectivity index (χ3n) is 3.73. The first-order valence-electron chi connectivity index (χ1n) is 8.30. The summed E-state index contributed by atoms with van der Waals surface area (Å²) in [4.78, 5) is 0. The predicted molar refractivity (Wildman–Crippen MR) is 85.5 cm³/mol. The van der Waals surface area contributed by atoms with Gasteiger partial charge in [0.25, 0.3) is 0 Å². The molecule has 0 aliphatic carbocycles. The van der Waals surface area contributed by atoms with Crippen LogP contribution in [-0.4, -0.2) is 18.8 Å². The van der Waals surface area contributed by atoms with E-state index >= 15 is 0 Å². The summed E-state index contributed by atoms with van der Waals surface area (Å²) in [6.45, 7) is 11.7. The average Bonchev–Trinajstić information content (AvgIpc) is 2.33. The van der Waals surface area contributed by atoms with Gasteiger partial charge in [0.2, 0.25) is 0 Å². The molecule has 0 aromatic carbocycles. The zero-order chi connectivity index (χ0) is 14.7. The van der Waals surface area contributed by atoms with Crippen molar-refractivity contribution in [1.82, 2.24) is 0 Å². The smallest absolute Gasteiger partial charge is 0.0773 e. The number of nitrogens with two attached hydrogens (primary N) is 1. The molecule has 2 atom stereocenters. The fourth-order valence-electron chi connectivity index (χ4n) is 2.68. The highest BCUT2D eigenvalue weighted by atomic mass is 16.5. The minimum absolute atomic E-state index is 0.135. The topological polar surface area (TPSA) is 35.2 Å². The SMILES string of the molecule is CCCCCCCCCC(N)C(OCC)C(C)(C)C. The van der Waals surface area contributed by atoms with Gasteiger partial charge in [0, 0.05) is 12.6 Å². The maximum absolute atomic E-state index is 6.33. The van der Waals surface area contributed by atoms with Crippen molar-refractivity contribution >= 4 is 0 Å². The summed E-state index contributed by atoms with van der Waals surface area (Å²) in [6, 6.07) is 0.176. The molecule has 2 unspecified atom stereocenters. The largest absolute Gasteiger partial charge is 0.376 e. The quantitative estimate of drug-likeness (QED) is 0.542. The molecule has 116 valence electrons. The molecule has 2 N–H and O–H groups in total. The summed E-state index contributed by atoms with van der Waals surface area (Å²) >= 11 is 0. The van der Waals surface area contributed by atoms with Gasteiger partial charge >= 0.3 is 0 Å². The second-order valence-electron chi connectivity index (χ2n) is 6.82. The lowest BCUT2D eigenvalue weighted by atomic mass is 9.83. The Morgan fingerprint density at radius 2 is 1.42 bits per heavy atom. The maximum Gasteiger partial charge on any atom is 0.0773 e. The molecule has 0 radical (unpaired) electrons. The van der Waals surface area contributed by atoms with Crippen molar-refractivity contribution in [3.63, 3.8) is 0 Å². The minimum atomic E-state index is 0.135. The number of ether oxygens (including phenoxy) is 1. The Kier molecular flexibility index (Phi) is 10.6. The van der Waals surface area contributed by atoms with E-state index in [1.54, 1.807) is 0 Å². The van der Waals surface area contributed by atoms with Crippen LogP contribution in [0.25, 0.3) is 0 Å². The van der Waals surface area contributed by atoms with E-state index in [-0.39, 0.29) is 17.6 Å². The van der Waals surface area contributed by atoms with Crippen LogP contribution in [-0.2, 0) is 4.74 Å². The van der Waals surface area contributed by atoms with E-state index in [9.17, 15) is 0 Å². The fraction of sp³-hybridized carbons (Fsp3) is 1.00. The summed E-state index contributed by atoms with van der Waals surface area (Å²) < 4.78 is 5.85. The Labute approximate surface area is 121 Å². The zero-order valence-electron chi connectivity index (χ0n) is 14.0. The lowest BCUT2D eigenvalue weighted by Gasteiger charge is -2.35. The second-order valence-corrected chi connectivity index (χ2v) is 6.82. The molecule has 19 heavy (non-hydrogen) atoms. The highest BCUT2D eigenvalue weighted by Crippen LogP contribution is 2.26. The van der Waals surface area contributed by atoms with Gasteiger partial charge < -0.3 is 10.5 Å². The van der Waals surface area contributed by atoms with Gasteiger partial charge in [-0.25, -0.2) is 0 Å². The molecule has 2 nitrogen and oxygen atoms in total. The van der Waals surface area contributed by atoms with Crippen LogP contribution < -0.4 is 5.73 Å². The fourth-order valence-corrected chi connectivity index (χ4v) is 2.68. The van der Waals surface area contributed by atoms with Gasteiger partial charge in [-0.05, 0) is 18.8 Å². The maximum atomic E-state index is 6.33. The Morgan fingerprint density at radius 1 is 0.895 bits per heavy atom. The van der Waals surface area contributed by atoms with Crippen LogP contribution in [0.15, 0.2) is 0 Å². The van der Waals surface area contributed by atoms with Crippen LogP contribution in [0.3, 0.4) is 0 Å². The molecule has 0 rings (SSSR count). The van der Waals surface area contributed by atoms with Crippen LogP contribution in [0.4, 0.5) is 0 Å². The highest BCUT2D eigenvalue weighted by Gasteiger charge is 2.30. The first-order valence-corrected chi connectivity index (χ1v) is 8.30. The van der Waals surface area contributed by atoms with Crippen LogP contribution in [0.2, 0.25) is 0 Å². The Bertz CT molecular complexity index is 198. The molecule has 0 spiro atoms. The van der Waals surface area contributed by atoms with Crippen molar-refractivity contribution in [2.24, 2.45) is 11.1 Å². The molecule has 2 heteroatoms. The van der Waals surface area contributed by atoms with Gasteiger partial charge in [-0.3, -0.25) is 0 Å². The summed E-state index contributed by atoms with van der Waals surface area (Å²) in [5.41, 5.74) is 6.46. The van der Waals surface area contributed by atoms with E-state index in [0.29, 0.717) is 0 Å². The van der Waals surface area contributed by atoms with Crippen molar-refractivity contribution in [3.8, 4) is 0 Å². The average molecular weight is 271 g/mol. The normalized spacial score (nSPS) is 15.5.